The minimum atomic E-state index is -0.528. The molecule has 0 unspecified atom stereocenters. The Morgan fingerprint density at radius 2 is 2.00 bits per heavy atom. The molecule has 0 saturated carbocycles. The Kier molecular flexibility index (Phi) is 5.51. The molecule has 3 aromatic rings. The van der Waals surface area contributed by atoms with Crippen molar-refractivity contribution >= 4 is 29.0 Å². The van der Waals surface area contributed by atoms with Crippen LogP contribution in [0.2, 0.25) is 0 Å². The molecule has 1 N–H and O–H groups in total. The summed E-state index contributed by atoms with van der Waals surface area (Å²) in [4.78, 5) is 22.7. The highest BCUT2D eigenvalue weighted by Gasteiger charge is 2.16. The van der Waals surface area contributed by atoms with E-state index in [9.17, 15) is 14.9 Å². The number of hydrogen-bond donors (Lipinski definition) is 1. The predicted molar refractivity (Wildman–Crippen MR) is 104 cm³/mol. The molecule has 0 aliphatic rings. The average molecular weight is 383 g/mol. The second-order valence-corrected chi connectivity index (χ2v) is 6.79. The molecule has 0 fully saturated rings. The molecule has 9 heteroatoms. The third kappa shape index (κ3) is 4.32. The molecule has 1 amide bonds. The second kappa shape index (κ2) is 8.00. The summed E-state index contributed by atoms with van der Waals surface area (Å²) in [6, 6.07) is 13.9. The van der Waals surface area contributed by atoms with Gasteiger partial charge in [0.1, 0.15) is 5.69 Å². The van der Waals surface area contributed by atoms with Crippen LogP contribution in [0.25, 0.3) is 11.4 Å². The van der Waals surface area contributed by atoms with Crippen LogP contribution in [-0.4, -0.2) is 31.3 Å². The fraction of sp³-hybridized carbons (Fsp3) is 0.167. The molecular weight excluding hydrogens is 366 g/mol. The van der Waals surface area contributed by atoms with Crippen LogP contribution in [0.3, 0.4) is 0 Å². The SMILES string of the molecule is Cc1cccc(-c2nnc(SCC(=O)Nc3ccccc3[N+](=O)[O-])n2C)c1. The molecule has 3 rings (SSSR count). The van der Waals surface area contributed by atoms with E-state index in [0.29, 0.717) is 11.0 Å². The molecule has 27 heavy (non-hydrogen) atoms. The Morgan fingerprint density at radius 1 is 1.22 bits per heavy atom. The lowest BCUT2D eigenvalue weighted by molar-refractivity contribution is -0.383. The standard InChI is InChI=1S/C18H17N5O3S/c1-12-6-5-7-13(10-12)17-20-21-18(22(17)2)27-11-16(24)19-14-8-3-4-9-15(14)23(25)26/h3-10H,11H2,1-2H3,(H,19,24). The summed E-state index contributed by atoms with van der Waals surface area (Å²) in [6.45, 7) is 2.00. The molecule has 8 nitrogen and oxygen atoms in total. The Morgan fingerprint density at radius 3 is 2.74 bits per heavy atom. The summed E-state index contributed by atoms with van der Waals surface area (Å²) >= 11 is 1.22. The minimum absolute atomic E-state index is 0.0613. The van der Waals surface area contributed by atoms with Crippen molar-refractivity contribution < 1.29 is 9.72 Å². The summed E-state index contributed by atoms with van der Waals surface area (Å²) in [6.07, 6.45) is 0. The maximum Gasteiger partial charge on any atom is 0.292 e. The van der Waals surface area contributed by atoms with E-state index in [-0.39, 0.29) is 23.0 Å². The zero-order valence-corrected chi connectivity index (χ0v) is 15.6. The van der Waals surface area contributed by atoms with Crippen LogP contribution < -0.4 is 5.32 Å². The molecule has 2 aromatic carbocycles. The van der Waals surface area contributed by atoms with Crippen LogP contribution in [0.1, 0.15) is 5.56 Å². The molecule has 0 bridgehead atoms. The van der Waals surface area contributed by atoms with Crippen LogP contribution in [0.4, 0.5) is 11.4 Å². The van der Waals surface area contributed by atoms with Crippen LogP contribution in [0, 0.1) is 17.0 Å². The van der Waals surface area contributed by atoms with E-state index in [1.165, 1.54) is 23.9 Å². The second-order valence-electron chi connectivity index (χ2n) is 5.85. The van der Waals surface area contributed by atoms with Crippen LogP contribution in [0.5, 0.6) is 0 Å². The van der Waals surface area contributed by atoms with Gasteiger partial charge in [0.05, 0.1) is 10.7 Å². The number of carbonyl (C=O) groups excluding carboxylic acids is 1. The number of amides is 1. The number of nitrogens with zero attached hydrogens (tertiary/aromatic N) is 4. The molecule has 1 aromatic heterocycles. The van der Waals surface area contributed by atoms with Gasteiger partial charge in [0, 0.05) is 18.7 Å². The fourth-order valence-corrected chi connectivity index (χ4v) is 3.24. The molecule has 0 atom stereocenters. The van der Waals surface area contributed by atoms with Gasteiger partial charge in [-0.1, -0.05) is 47.7 Å². The van der Waals surface area contributed by atoms with Gasteiger partial charge in [-0.25, -0.2) is 0 Å². The van der Waals surface area contributed by atoms with Crippen molar-refractivity contribution in [2.75, 3.05) is 11.1 Å². The normalized spacial score (nSPS) is 10.6. The number of nitrogens with one attached hydrogen (secondary N) is 1. The first-order valence-electron chi connectivity index (χ1n) is 8.08. The lowest BCUT2D eigenvalue weighted by Crippen LogP contribution is -2.15. The van der Waals surface area contributed by atoms with Gasteiger partial charge in [-0.3, -0.25) is 14.9 Å². The Hall–Kier alpha value is -3.20. The number of nitro groups is 1. The highest BCUT2D eigenvalue weighted by atomic mass is 32.2. The monoisotopic (exact) mass is 383 g/mol. The molecule has 0 aliphatic heterocycles. The number of anilines is 1. The summed E-state index contributed by atoms with van der Waals surface area (Å²) in [7, 11) is 1.83. The quantitative estimate of drug-likeness (QED) is 0.397. The van der Waals surface area contributed by atoms with Crippen molar-refractivity contribution in [3.8, 4) is 11.4 Å². The lowest BCUT2D eigenvalue weighted by atomic mass is 10.1. The van der Waals surface area contributed by atoms with Crippen LogP contribution in [-0.2, 0) is 11.8 Å². The largest absolute Gasteiger partial charge is 0.320 e. The van der Waals surface area contributed by atoms with Gasteiger partial charge in [-0.2, -0.15) is 0 Å². The Balaban J connectivity index is 1.67. The molecular formula is C18H17N5O3S. The van der Waals surface area contributed by atoms with Crippen molar-refractivity contribution in [2.45, 2.75) is 12.1 Å². The number of carbonyl (C=O) groups is 1. The van der Waals surface area contributed by atoms with Gasteiger partial charge >= 0.3 is 0 Å². The average Bonchev–Trinajstić information content (AvgIpc) is 3.01. The van der Waals surface area contributed by atoms with E-state index in [2.05, 4.69) is 15.5 Å². The number of rotatable bonds is 6. The van der Waals surface area contributed by atoms with Crippen LogP contribution >= 0.6 is 11.8 Å². The van der Waals surface area contributed by atoms with Crippen molar-refractivity contribution in [1.29, 1.82) is 0 Å². The highest BCUT2D eigenvalue weighted by Crippen LogP contribution is 2.25. The van der Waals surface area contributed by atoms with Gasteiger partial charge in [0.25, 0.3) is 5.69 Å². The first kappa shape index (κ1) is 18.6. The number of aryl methyl sites for hydroxylation is 1. The molecule has 0 spiro atoms. The van der Waals surface area contributed by atoms with E-state index in [4.69, 9.17) is 0 Å². The number of benzene rings is 2. The van der Waals surface area contributed by atoms with Gasteiger partial charge in [-0.15, -0.1) is 10.2 Å². The topological polar surface area (TPSA) is 103 Å². The van der Waals surface area contributed by atoms with Gasteiger partial charge in [0.2, 0.25) is 5.91 Å². The number of nitro benzene ring substituents is 1. The first-order valence-corrected chi connectivity index (χ1v) is 9.07. The van der Waals surface area contributed by atoms with Crippen molar-refractivity contribution in [3.05, 3.63) is 64.2 Å². The fourth-order valence-electron chi connectivity index (χ4n) is 2.53. The summed E-state index contributed by atoms with van der Waals surface area (Å²) < 4.78 is 1.82. The Bertz CT molecular complexity index is 1000. The highest BCUT2D eigenvalue weighted by molar-refractivity contribution is 7.99. The number of hydrogen-bond acceptors (Lipinski definition) is 6. The third-order valence-electron chi connectivity index (χ3n) is 3.82. The van der Waals surface area contributed by atoms with Gasteiger partial charge in [-0.05, 0) is 19.1 Å². The summed E-state index contributed by atoms with van der Waals surface area (Å²) in [5.41, 5.74) is 2.09. The minimum Gasteiger partial charge on any atom is -0.320 e. The van der Waals surface area contributed by atoms with Crippen LogP contribution in [0.15, 0.2) is 53.7 Å². The van der Waals surface area contributed by atoms with E-state index >= 15 is 0 Å². The molecule has 0 saturated heterocycles. The maximum absolute atomic E-state index is 12.2. The maximum atomic E-state index is 12.2. The predicted octanol–water partition coefficient (Wildman–Crippen LogP) is 3.43. The van der Waals surface area contributed by atoms with Gasteiger partial charge in [0.15, 0.2) is 11.0 Å². The zero-order valence-electron chi connectivity index (χ0n) is 14.7. The van der Waals surface area contributed by atoms with Gasteiger partial charge < -0.3 is 9.88 Å². The molecule has 138 valence electrons. The van der Waals surface area contributed by atoms with E-state index in [1.807, 2.05) is 42.8 Å². The van der Waals surface area contributed by atoms with E-state index in [0.717, 1.165) is 11.1 Å². The molecule has 1 heterocycles. The number of aromatic nitrogens is 3. The number of para-hydroxylation sites is 2. The smallest absolute Gasteiger partial charge is 0.292 e. The Labute approximate surface area is 159 Å². The van der Waals surface area contributed by atoms with E-state index < -0.39 is 4.92 Å². The summed E-state index contributed by atoms with van der Waals surface area (Å²) in [5, 5.41) is 22.5. The zero-order chi connectivity index (χ0) is 19.4. The van der Waals surface area contributed by atoms with Crippen molar-refractivity contribution in [1.82, 2.24) is 14.8 Å². The first-order chi connectivity index (χ1) is 13.0. The molecule has 0 radical (unpaired) electrons. The third-order valence-corrected chi connectivity index (χ3v) is 4.84. The summed E-state index contributed by atoms with van der Waals surface area (Å²) in [5.74, 6) is 0.418. The van der Waals surface area contributed by atoms with E-state index in [1.54, 1.807) is 12.1 Å². The molecule has 0 aliphatic carbocycles. The number of thioether (sulfide) groups is 1. The van der Waals surface area contributed by atoms with Crippen molar-refractivity contribution in [3.63, 3.8) is 0 Å². The van der Waals surface area contributed by atoms with Crippen molar-refractivity contribution in [2.24, 2.45) is 7.05 Å². The lowest BCUT2D eigenvalue weighted by Gasteiger charge is -2.06.